The van der Waals surface area contributed by atoms with Gasteiger partial charge in [0.05, 0.1) is 11.7 Å². The standard InChI is InChI=1S/C31H48N2O3/c1-19-13-29-28(33(18-19)12-11-32-21(3)34)17-31(36-29)10-8-24-25-6-5-22-14-23(35)7-9-30(22,4)27(25)15-26(24)20(2)16-31/h19,22,24-25,27-29H,5-18H2,1-4H3,(H,32,34)/t19-,22+,24-,25-,27-,28-,29+,30-,31-/m0/s1. The highest BCUT2D eigenvalue weighted by Crippen LogP contribution is 2.64. The molecule has 0 bridgehead atoms. The van der Waals surface area contributed by atoms with Crippen molar-refractivity contribution in [3.8, 4) is 0 Å². The Balaban J connectivity index is 1.20. The van der Waals surface area contributed by atoms with Crippen LogP contribution >= 0.6 is 0 Å². The lowest BCUT2D eigenvalue weighted by molar-refractivity contribution is -0.129. The summed E-state index contributed by atoms with van der Waals surface area (Å²) < 4.78 is 7.09. The average Bonchev–Trinajstić information content (AvgIpc) is 3.33. The number of nitrogens with one attached hydrogen (secondary N) is 1. The van der Waals surface area contributed by atoms with E-state index in [9.17, 15) is 9.59 Å². The van der Waals surface area contributed by atoms with Gasteiger partial charge in [0.15, 0.2) is 0 Å². The normalized spacial score (nSPS) is 46.7. The van der Waals surface area contributed by atoms with Gasteiger partial charge in [0.25, 0.3) is 0 Å². The average molecular weight is 497 g/mol. The Bertz CT molecular complexity index is 944. The van der Waals surface area contributed by atoms with Gasteiger partial charge in [-0.3, -0.25) is 14.5 Å². The molecular weight excluding hydrogens is 448 g/mol. The van der Waals surface area contributed by atoms with E-state index in [1.54, 1.807) is 18.1 Å². The molecular formula is C31H48N2O3. The van der Waals surface area contributed by atoms with E-state index in [0.717, 1.165) is 69.5 Å². The molecule has 0 aromatic rings. The minimum Gasteiger partial charge on any atom is -0.370 e. The fraction of sp³-hybridized carbons (Fsp3) is 0.871. The highest BCUT2D eigenvalue weighted by Gasteiger charge is 2.58. The van der Waals surface area contributed by atoms with Gasteiger partial charge in [-0.25, -0.2) is 0 Å². The van der Waals surface area contributed by atoms with E-state index in [4.69, 9.17) is 4.74 Å². The fourth-order valence-electron chi connectivity index (χ4n) is 10.2. The summed E-state index contributed by atoms with van der Waals surface area (Å²) in [6, 6.07) is 0.493. The molecule has 0 unspecified atom stereocenters. The van der Waals surface area contributed by atoms with Gasteiger partial charge < -0.3 is 10.1 Å². The quantitative estimate of drug-likeness (QED) is 0.540. The molecule has 9 atom stereocenters. The molecule has 1 N–H and O–H groups in total. The van der Waals surface area contributed by atoms with Gasteiger partial charge in [-0.15, -0.1) is 0 Å². The maximum Gasteiger partial charge on any atom is 0.216 e. The first-order valence-electron chi connectivity index (χ1n) is 15.0. The van der Waals surface area contributed by atoms with Crippen molar-refractivity contribution in [1.29, 1.82) is 0 Å². The number of allylic oxidation sites excluding steroid dienone is 1. The smallest absolute Gasteiger partial charge is 0.216 e. The van der Waals surface area contributed by atoms with E-state index >= 15 is 0 Å². The van der Waals surface area contributed by atoms with Crippen LogP contribution in [0.1, 0.15) is 98.3 Å². The lowest BCUT2D eigenvalue weighted by Crippen LogP contribution is -2.50. The molecule has 2 aliphatic heterocycles. The number of fused-ring (bicyclic) bond motifs is 6. The zero-order chi connectivity index (χ0) is 25.2. The van der Waals surface area contributed by atoms with Crippen molar-refractivity contribution in [2.24, 2.45) is 35.0 Å². The predicted octanol–water partition coefficient (Wildman–Crippen LogP) is 5.28. The van der Waals surface area contributed by atoms with E-state index in [-0.39, 0.29) is 11.5 Å². The Morgan fingerprint density at radius 2 is 2.03 bits per heavy atom. The van der Waals surface area contributed by atoms with Crippen molar-refractivity contribution in [3.05, 3.63) is 11.1 Å². The van der Waals surface area contributed by atoms with Crippen LogP contribution in [0.4, 0.5) is 0 Å². The maximum absolute atomic E-state index is 12.2. The minimum absolute atomic E-state index is 0.000922. The number of amides is 1. The van der Waals surface area contributed by atoms with Crippen LogP contribution < -0.4 is 5.32 Å². The fourth-order valence-corrected chi connectivity index (χ4v) is 10.2. The molecule has 1 spiro atoms. The number of hydrogen-bond acceptors (Lipinski definition) is 4. The highest BCUT2D eigenvalue weighted by molar-refractivity contribution is 5.79. The second kappa shape index (κ2) is 9.22. The number of nitrogens with zero attached hydrogens (tertiary/aromatic N) is 1. The third kappa shape index (κ3) is 4.21. The van der Waals surface area contributed by atoms with Crippen LogP contribution in [0.2, 0.25) is 0 Å². The summed E-state index contributed by atoms with van der Waals surface area (Å²) in [5.41, 5.74) is 3.79. The second-order valence-corrected chi connectivity index (χ2v) is 14.1. The summed E-state index contributed by atoms with van der Waals surface area (Å²) in [6.07, 6.45) is 12.9. The Kier molecular flexibility index (Phi) is 6.43. The van der Waals surface area contributed by atoms with E-state index in [2.05, 4.69) is 31.0 Å². The molecule has 4 aliphatic carbocycles. The van der Waals surface area contributed by atoms with Gasteiger partial charge in [0.1, 0.15) is 5.78 Å². The van der Waals surface area contributed by atoms with Gasteiger partial charge in [0.2, 0.25) is 5.91 Å². The minimum atomic E-state index is 0.000922. The van der Waals surface area contributed by atoms with Gasteiger partial charge in [0, 0.05) is 45.4 Å². The summed E-state index contributed by atoms with van der Waals surface area (Å²) >= 11 is 0. The van der Waals surface area contributed by atoms with Gasteiger partial charge in [-0.2, -0.15) is 0 Å². The molecule has 0 aromatic heterocycles. The van der Waals surface area contributed by atoms with Crippen molar-refractivity contribution in [3.63, 3.8) is 0 Å². The highest BCUT2D eigenvalue weighted by atomic mass is 16.5. The van der Waals surface area contributed by atoms with Gasteiger partial charge >= 0.3 is 0 Å². The summed E-state index contributed by atoms with van der Waals surface area (Å²) in [6.45, 7) is 11.7. The summed E-state index contributed by atoms with van der Waals surface area (Å²) in [5.74, 6) is 4.19. The van der Waals surface area contributed by atoms with Crippen LogP contribution in [-0.4, -0.2) is 54.0 Å². The largest absolute Gasteiger partial charge is 0.370 e. The molecule has 3 saturated carbocycles. The summed E-state index contributed by atoms with van der Waals surface area (Å²) in [4.78, 5) is 26.3. The van der Waals surface area contributed by atoms with Crippen LogP contribution in [0, 0.1) is 35.0 Å². The third-order valence-electron chi connectivity index (χ3n) is 11.8. The molecule has 6 rings (SSSR count). The Morgan fingerprint density at radius 3 is 2.83 bits per heavy atom. The van der Waals surface area contributed by atoms with Crippen LogP contribution in [0.15, 0.2) is 11.1 Å². The van der Waals surface area contributed by atoms with E-state index in [1.165, 1.54) is 38.5 Å². The van der Waals surface area contributed by atoms with Crippen molar-refractivity contribution < 1.29 is 14.3 Å². The van der Waals surface area contributed by atoms with Crippen LogP contribution in [0.3, 0.4) is 0 Å². The number of ether oxygens (including phenoxy) is 1. The number of piperidine rings is 1. The number of Topliss-reactive ketones (excluding diaryl/α,β-unsaturated/α-hetero) is 1. The lowest BCUT2D eigenvalue weighted by Gasteiger charge is -2.52. The molecule has 200 valence electrons. The Morgan fingerprint density at radius 1 is 1.19 bits per heavy atom. The van der Waals surface area contributed by atoms with Crippen molar-refractivity contribution >= 4 is 11.7 Å². The SMILES string of the molecule is CC(=O)NCCN1C[C@@H](C)C[C@H]2O[C@]3(CC[C@@H]4C(=C(C)C3)C[C@H]3[C@H]4CC[C@@H]4CC(=O)CC[C@@]43C)C[C@@H]21. The number of rotatable bonds is 3. The van der Waals surface area contributed by atoms with Crippen LogP contribution in [0.25, 0.3) is 0 Å². The molecule has 36 heavy (non-hydrogen) atoms. The number of ketones is 1. The number of carbonyl (C=O) groups is 2. The van der Waals surface area contributed by atoms with E-state index < -0.39 is 0 Å². The van der Waals surface area contributed by atoms with Gasteiger partial charge in [-0.1, -0.05) is 25.0 Å². The number of carbonyl (C=O) groups excluding carboxylic acids is 2. The first kappa shape index (κ1) is 25.1. The number of likely N-dealkylation sites (tertiary alicyclic amines) is 1. The van der Waals surface area contributed by atoms with E-state index in [1.807, 2.05) is 0 Å². The zero-order valence-corrected chi connectivity index (χ0v) is 23.1. The topological polar surface area (TPSA) is 58.6 Å². The Hall–Kier alpha value is -1.20. The number of hydrogen-bond donors (Lipinski definition) is 1. The molecule has 5 heteroatoms. The van der Waals surface area contributed by atoms with Crippen LogP contribution in [0.5, 0.6) is 0 Å². The van der Waals surface area contributed by atoms with Crippen molar-refractivity contribution in [2.75, 3.05) is 19.6 Å². The second-order valence-electron chi connectivity index (χ2n) is 14.1. The molecule has 1 amide bonds. The summed E-state index contributed by atoms with van der Waals surface area (Å²) in [7, 11) is 0. The first-order valence-corrected chi connectivity index (χ1v) is 15.0. The molecule has 0 radical (unpaired) electrons. The zero-order valence-electron chi connectivity index (χ0n) is 23.1. The van der Waals surface area contributed by atoms with Crippen LogP contribution in [-0.2, 0) is 14.3 Å². The van der Waals surface area contributed by atoms with E-state index in [0.29, 0.717) is 35.2 Å². The van der Waals surface area contributed by atoms with Crippen molar-refractivity contribution in [1.82, 2.24) is 10.2 Å². The molecule has 5 nitrogen and oxygen atoms in total. The maximum atomic E-state index is 12.2. The monoisotopic (exact) mass is 496 g/mol. The molecule has 2 heterocycles. The molecule has 0 aromatic carbocycles. The molecule has 2 saturated heterocycles. The van der Waals surface area contributed by atoms with Crippen molar-refractivity contribution in [2.45, 2.75) is 116 Å². The summed E-state index contributed by atoms with van der Waals surface area (Å²) in [5, 5.41) is 3.01. The first-order chi connectivity index (χ1) is 17.2. The molecule has 5 fully saturated rings. The lowest BCUT2D eigenvalue weighted by atomic mass is 9.52. The van der Waals surface area contributed by atoms with Gasteiger partial charge in [-0.05, 0) is 99.7 Å². The third-order valence-corrected chi connectivity index (χ3v) is 11.8. The molecule has 6 aliphatic rings. The predicted molar refractivity (Wildman–Crippen MR) is 141 cm³/mol. The Labute approximate surface area is 218 Å².